The molecule has 3 heteroatoms. The predicted molar refractivity (Wildman–Crippen MR) is 90.0 cm³/mol. The molecule has 1 amide bonds. The fourth-order valence-corrected chi connectivity index (χ4v) is 3.13. The third-order valence-electron chi connectivity index (χ3n) is 4.28. The number of aryl methyl sites for hydroxylation is 1. The molecule has 1 atom stereocenters. The van der Waals surface area contributed by atoms with Gasteiger partial charge in [-0.05, 0) is 42.5 Å². The average molecular weight is 294 g/mol. The highest BCUT2D eigenvalue weighted by atomic mass is 16.2. The molecular weight excluding hydrogens is 272 g/mol. The quantitative estimate of drug-likeness (QED) is 0.938. The number of rotatable bonds is 4. The SMILES string of the molecule is CN(CC(=O)N[C@@H]1CCCc2ccccc21)c1ccccc1. The molecule has 1 N–H and O–H groups in total. The van der Waals surface area contributed by atoms with E-state index in [1.807, 2.05) is 42.3 Å². The second-order valence-electron chi connectivity index (χ2n) is 5.90. The molecule has 1 aliphatic carbocycles. The van der Waals surface area contributed by atoms with Crippen molar-refractivity contribution in [3.05, 3.63) is 65.7 Å². The van der Waals surface area contributed by atoms with E-state index in [2.05, 4.69) is 29.6 Å². The van der Waals surface area contributed by atoms with E-state index in [1.165, 1.54) is 11.1 Å². The molecule has 1 aliphatic rings. The second kappa shape index (κ2) is 6.65. The van der Waals surface area contributed by atoms with Crippen molar-refractivity contribution in [3.63, 3.8) is 0 Å². The molecule has 0 saturated heterocycles. The standard InChI is InChI=1S/C19H22N2O/c1-21(16-10-3-2-4-11-16)14-19(22)20-18-13-7-9-15-8-5-6-12-17(15)18/h2-6,8,10-12,18H,7,9,13-14H2,1H3,(H,20,22)/t18-/m1/s1. The summed E-state index contributed by atoms with van der Waals surface area (Å²) in [5.41, 5.74) is 3.71. The van der Waals surface area contributed by atoms with Gasteiger partial charge in [0.15, 0.2) is 0 Å². The summed E-state index contributed by atoms with van der Waals surface area (Å²) in [6.45, 7) is 0.378. The Morgan fingerprint density at radius 1 is 1.14 bits per heavy atom. The van der Waals surface area contributed by atoms with Crippen LogP contribution < -0.4 is 10.2 Å². The summed E-state index contributed by atoms with van der Waals surface area (Å²) in [4.78, 5) is 14.3. The maximum Gasteiger partial charge on any atom is 0.239 e. The third kappa shape index (κ3) is 3.30. The van der Waals surface area contributed by atoms with Gasteiger partial charge in [-0.2, -0.15) is 0 Å². The van der Waals surface area contributed by atoms with Crippen LogP contribution in [-0.4, -0.2) is 19.5 Å². The monoisotopic (exact) mass is 294 g/mol. The first-order chi connectivity index (χ1) is 10.7. The predicted octanol–water partition coefficient (Wildman–Crippen LogP) is 3.32. The van der Waals surface area contributed by atoms with Gasteiger partial charge >= 0.3 is 0 Å². The van der Waals surface area contributed by atoms with Crippen molar-refractivity contribution in [2.45, 2.75) is 25.3 Å². The minimum absolute atomic E-state index is 0.0769. The van der Waals surface area contributed by atoms with Crippen LogP contribution >= 0.6 is 0 Å². The van der Waals surface area contributed by atoms with E-state index in [0.29, 0.717) is 6.54 Å². The van der Waals surface area contributed by atoms with Crippen LogP contribution in [0.3, 0.4) is 0 Å². The van der Waals surface area contributed by atoms with E-state index in [1.54, 1.807) is 0 Å². The Morgan fingerprint density at radius 3 is 2.68 bits per heavy atom. The molecule has 0 unspecified atom stereocenters. The molecule has 2 aromatic carbocycles. The molecule has 3 nitrogen and oxygen atoms in total. The van der Waals surface area contributed by atoms with Crippen LogP contribution in [0, 0.1) is 0 Å². The summed E-state index contributed by atoms with van der Waals surface area (Å²) in [6, 6.07) is 18.6. The van der Waals surface area contributed by atoms with Crippen molar-refractivity contribution in [1.29, 1.82) is 0 Å². The summed E-state index contributed by atoms with van der Waals surface area (Å²) >= 11 is 0. The minimum Gasteiger partial charge on any atom is -0.365 e. The van der Waals surface area contributed by atoms with Crippen molar-refractivity contribution in [2.24, 2.45) is 0 Å². The van der Waals surface area contributed by atoms with Crippen LogP contribution in [0.15, 0.2) is 54.6 Å². The lowest BCUT2D eigenvalue weighted by Crippen LogP contribution is -2.38. The van der Waals surface area contributed by atoms with Crippen LogP contribution in [-0.2, 0) is 11.2 Å². The van der Waals surface area contributed by atoms with Gasteiger partial charge in [-0.1, -0.05) is 42.5 Å². The molecule has 0 aromatic heterocycles. The normalized spacial score (nSPS) is 16.7. The van der Waals surface area contributed by atoms with Gasteiger partial charge in [0.1, 0.15) is 0 Å². The van der Waals surface area contributed by atoms with Crippen molar-refractivity contribution < 1.29 is 4.79 Å². The van der Waals surface area contributed by atoms with Crippen LogP contribution in [0.4, 0.5) is 5.69 Å². The van der Waals surface area contributed by atoms with Crippen LogP contribution in [0.1, 0.15) is 30.0 Å². The van der Waals surface area contributed by atoms with Crippen LogP contribution in [0.25, 0.3) is 0 Å². The Kier molecular flexibility index (Phi) is 4.42. The first kappa shape index (κ1) is 14.6. The van der Waals surface area contributed by atoms with Crippen molar-refractivity contribution >= 4 is 11.6 Å². The molecule has 0 bridgehead atoms. The first-order valence-corrected chi connectivity index (χ1v) is 7.87. The van der Waals surface area contributed by atoms with Gasteiger partial charge < -0.3 is 10.2 Å². The van der Waals surface area contributed by atoms with Gasteiger partial charge in [0.2, 0.25) is 5.91 Å². The second-order valence-corrected chi connectivity index (χ2v) is 5.90. The molecule has 0 spiro atoms. The van der Waals surface area contributed by atoms with Crippen molar-refractivity contribution in [2.75, 3.05) is 18.5 Å². The van der Waals surface area contributed by atoms with E-state index < -0.39 is 0 Å². The molecule has 0 radical (unpaired) electrons. The van der Waals surface area contributed by atoms with E-state index in [0.717, 1.165) is 24.9 Å². The van der Waals surface area contributed by atoms with Crippen LogP contribution in [0.5, 0.6) is 0 Å². The number of anilines is 1. The number of carbonyl (C=O) groups is 1. The number of carbonyl (C=O) groups excluding carboxylic acids is 1. The van der Waals surface area contributed by atoms with E-state index >= 15 is 0 Å². The smallest absolute Gasteiger partial charge is 0.239 e. The minimum atomic E-state index is 0.0769. The maximum atomic E-state index is 12.4. The lowest BCUT2D eigenvalue weighted by atomic mass is 9.88. The zero-order valence-electron chi connectivity index (χ0n) is 13.0. The first-order valence-electron chi connectivity index (χ1n) is 7.87. The molecule has 0 aliphatic heterocycles. The summed E-state index contributed by atoms with van der Waals surface area (Å²) in [5.74, 6) is 0.0769. The Balaban J connectivity index is 1.63. The number of likely N-dealkylation sites (N-methyl/N-ethyl adjacent to an activating group) is 1. The summed E-state index contributed by atoms with van der Waals surface area (Å²) in [7, 11) is 1.95. The Morgan fingerprint density at radius 2 is 1.86 bits per heavy atom. The van der Waals surface area contributed by atoms with Crippen LogP contribution in [0.2, 0.25) is 0 Å². The van der Waals surface area contributed by atoms with Gasteiger partial charge in [-0.15, -0.1) is 0 Å². The zero-order chi connectivity index (χ0) is 15.4. The number of nitrogens with one attached hydrogen (secondary N) is 1. The number of hydrogen-bond donors (Lipinski definition) is 1. The summed E-state index contributed by atoms with van der Waals surface area (Å²) in [5, 5.41) is 3.20. The average Bonchev–Trinajstić information content (AvgIpc) is 2.56. The van der Waals surface area contributed by atoms with Crippen molar-refractivity contribution in [1.82, 2.24) is 5.32 Å². The van der Waals surface area contributed by atoms with Gasteiger partial charge in [0, 0.05) is 12.7 Å². The lowest BCUT2D eigenvalue weighted by molar-refractivity contribution is -0.120. The van der Waals surface area contributed by atoms with E-state index in [-0.39, 0.29) is 11.9 Å². The third-order valence-corrected chi connectivity index (χ3v) is 4.28. The highest BCUT2D eigenvalue weighted by Gasteiger charge is 2.21. The molecule has 0 saturated carbocycles. The molecule has 2 aromatic rings. The largest absolute Gasteiger partial charge is 0.365 e. The summed E-state index contributed by atoms with van der Waals surface area (Å²) in [6.07, 6.45) is 3.28. The van der Waals surface area contributed by atoms with Gasteiger partial charge in [0.05, 0.1) is 12.6 Å². The molecule has 0 fully saturated rings. The topological polar surface area (TPSA) is 32.3 Å². The highest BCUT2D eigenvalue weighted by molar-refractivity contribution is 5.81. The molecular formula is C19H22N2O. The van der Waals surface area contributed by atoms with E-state index in [4.69, 9.17) is 0 Å². The number of nitrogens with zero attached hydrogens (tertiary/aromatic N) is 1. The Hall–Kier alpha value is -2.29. The lowest BCUT2D eigenvalue weighted by Gasteiger charge is -2.27. The fourth-order valence-electron chi connectivity index (χ4n) is 3.13. The number of amides is 1. The van der Waals surface area contributed by atoms with Gasteiger partial charge in [-0.25, -0.2) is 0 Å². The van der Waals surface area contributed by atoms with Gasteiger partial charge in [0.25, 0.3) is 0 Å². The fraction of sp³-hybridized carbons (Fsp3) is 0.316. The zero-order valence-corrected chi connectivity index (χ0v) is 13.0. The maximum absolute atomic E-state index is 12.4. The number of benzene rings is 2. The molecule has 22 heavy (non-hydrogen) atoms. The number of para-hydroxylation sites is 1. The molecule has 114 valence electrons. The van der Waals surface area contributed by atoms with E-state index in [9.17, 15) is 4.79 Å². The Labute approximate surface area is 132 Å². The number of fused-ring (bicyclic) bond motifs is 1. The molecule has 0 heterocycles. The van der Waals surface area contributed by atoms with Gasteiger partial charge in [-0.3, -0.25) is 4.79 Å². The molecule has 3 rings (SSSR count). The number of hydrogen-bond acceptors (Lipinski definition) is 2. The van der Waals surface area contributed by atoms with Crippen molar-refractivity contribution in [3.8, 4) is 0 Å². The Bertz CT molecular complexity index is 639. The summed E-state index contributed by atoms with van der Waals surface area (Å²) < 4.78 is 0. The highest BCUT2D eigenvalue weighted by Crippen LogP contribution is 2.29.